The average molecular weight is 524 g/mol. The van der Waals surface area contributed by atoms with Crippen LogP contribution in [0.1, 0.15) is 15.2 Å². The highest BCUT2D eigenvalue weighted by molar-refractivity contribution is 7.99. The largest absolute Gasteiger partial charge is 0.497 e. The monoisotopic (exact) mass is 523 g/mol. The van der Waals surface area contributed by atoms with Gasteiger partial charge in [0.25, 0.3) is 5.91 Å². The predicted octanol–water partition coefficient (Wildman–Crippen LogP) is 7.67. The number of carbonyl (C=O) groups excluding carboxylic acids is 1. The summed E-state index contributed by atoms with van der Waals surface area (Å²) in [5.41, 5.74) is 6.62. The fourth-order valence-electron chi connectivity index (χ4n) is 4.74. The Morgan fingerprint density at radius 1 is 0.973 bits per heavy atom. The maximum atomic E-state index is 14.0. The van der Waals surface area contributed by atoms with Crippen LogP contribution in [0.4, 0.5) is 11.4 Å². The molecule has 184 valence electrons. The number of methoxy groups -OCH3 is 1. The van der Waals surface area contributed by atoms with Crippen LogP contribution in [0.25, 0.3) is 32.6 Å². The summed E-state index contributed by atoms with van der Waals surface area (Å²) in [4.78, 5) is 22.4. The van der Waals surface area contributed by atoms with E-state index in [2.05, 4.69) is 29.6 Å². The third kappa shape index (κ3) is 4.14. The van der Waals surface area contributed by atoms with Gasteiger partial charge in [-0.05, 0) is 72.3 Å². The number of nitrogens with zero attached hydrogens (tertiary/aromatic N) is 2. The highest BCUT2D eigenvalue weighted by atomic mass is 32.2. The molecule has 0 spiro atoms. The van der Waals surface area contributed by atoms with Crippen molar-refractivity contribution < 1.29 is 9.53 Å². The third-order valence-electron chi connectivity index (χ3n) is 6.55. The molecule has 0 fully saturated rings. The van der Waals surface area contributed by atoms with Crippen molar-refractivity contribution in [3.63, 3.8) is 0 Å². The summed E-state index contributed by atoms with van der Waals surface area (Å²) < 4.78 is 5.34. The van der Waals surface area contributed by atoms with E-state index < -0.39 is 0 Å². The number of rotatable bonds is 5. The summed E-state index contributed by atoms with van der Waals surface area (Å²) in [6.45, 7) is 2.04. The minimum absolute atomic E-state index is 0.00768. The number of carbonyl (C=O) groups is 1. The van der Waals surface area contributed by atoms with E-state index in [1.807, 2.05) is 78.7 Å². The van der Waals surface area contributed by atoms with Crippen molar-refractivity contribution in [2.75, 3.05) is 23.6 Å². The van der Waals surface area contributed by atoms with Crippen LogP contribution < -0.4 is 15.0 Å². The molecule has 1 N–H and O–H groups in total. The highest BCUT2D eigenvalue weighted by Gasteiger charge is 2.36. The highest BCUT2D eigenvalue weighted by Crippen LogP contribution is 2.46. The van der Waals surface area contributed by atoms with Crippen molar-refractivity contribution in [1.82, 2.24) is 4.98 Å². The quantitative estimate of drug-likeness (QED) is 0.256. The zero-order valence-electron chi connectivity index (χ0n) is 20.7. The van der Waals surface area contributed by atoms with Gasteiger partial charge in [-0.1, -0.05) is 42.5 Å². The maximum Gasteiger partial charge on any atom is 0.272 e. The van der Waals surface area contributed by atoms with Crippen LogP contribution in [-0.4, -0.2) is 29.8 Å². The Morgan fingerprint density at radius 3 is 2.46 bits per heavy atom. The fourth-order valence-corrected chi connectivity index (χ4v) is 6.50. The van der Waals surface area contributed by atoms with Crippen molar-refractivity contribution >= 4 is 50.6 Å². The molecule has 1 atom stereocenters. The number of aromatic nitrogens is 1. The lowest BCUT2D eigenvalue weighted by Gasteiger charge is -2.35. The Bertz CT molecular complexity index is 1610. The second-order valence-electron chi connectivity index (χ2n) is 8.88. The van der Waals surface area contributed by atoms with E-state index in [0.29, 0.717) is 4.88 Å². The molecule has 3 heterocycles. The van der Waals surface area contributed by atoms with Crippen LogP contribution in [-0.2, 0) is 0 Å². The number of hydrogen-bond donors (Lipinski definition) is 1. The van der Waals surface area contributed by atoms with Crippen LogP contribution in [0.3, 0.4) is 0 Å². The summed E-state index contributed by atoms with van der Waals surface area (Å²) in [5, 5.41) is 4.66. The molecule has 1 aliphatic rings. The topological polar surface area (TPSA) is 54.5 Å². The first-order valence-electron chi connectivity index (χ1n) is 11.9. The lowest BCUT2D eigenvalue weighted by molar-refractivity contribution is 0.0987. The Balaban J connectivity index is 1.57. The summed E-state index contributed by atoms with van der Waals surface area (Å²) in [6, 6.07) is 28.4. The SMILES string of the molecule is COc1ccc(-c2cc(-c3ccccc3)c3c4c(sc3n2)C(=O)N(c2cccc(C)c2)C(SC)N4)cc1. The van der Waals surface area contributed by atoms with E-state index in [1.165, 1.54) is 11.3 Å². The number of ether oxygens (including phenoxy) is 1. The molecule has 3 aromatic carbocycles. The number of pyridine rings is 1. The van der Waals surface area contributed by atoms with Crippen LogP contribution in [0.2, 0.25) is 0 Å². The molecule has 0 aliphatic carbocycles. The zero-order chi connectivity index (χ0) is 25.5. The number of amides is 1. The molecule has 5 nitrogen and oxygen atoms in total. The molecule has 0 saturated heterocycles. The Hall–Kier alpha value is -3.81. The molecule has 1 unspecified atom stereocenters. The van der Waals surface area contributed by atoms with Crippen molar-refractivity contribution in [2.24, 2.45) is 0 Å². The number of benzene rings is 3. The second kappa shape index (κ2) is 9.57. The second-order valence-corrected chi connectivity index (χ2v) is 10.8. The van der Waals surface area contributed by atoms with Gasteiger partial charge in [-0.2, -0.15) is 0 Å². The van der Waals surface area contributed by atoms with Gasteiger partial charge >= 0.3 is 0 Å². The minimum atomic E-state index is -0.232. The van der Waals surface area contributed by atoms with E-state index in [-0.39, 0.29) is 11.4 Å². The van der Waals surface area contributed by atoms with Gasteiger partial charge in [0.2, 0.25) is 0 Å². The molecule has 0 saturated carbocycles. The summed E-state index contributed by atoms with van der Waals surface area (Å²) in [7, 11) is 1.66. The number of thioether (sulfide) groups is 1. The Labute approximate surface area is 224 Å². The van der Waals surface area contributed by atoms with Gasteiger partial charge in [-0.25, -0.2) is 4.98 Å². The lowest BCUT2D eigenvalue weighted by Crippen LogP contribution is -2.46. The first-order valence-corrected chi connectivity index (χ1v) is 14.0. The summed E-state index contributed by atoms with van der Waals surface area (Å²) >= 11 is 3.05. The predicted molar refractivity (Wildman–Crippen MR) is 156 cm³/mol. The third-order valence-corrected chi connectivity index (χ3v) is 8.40. The van der Waals surface area contributed by atoms with Crippen LogP contribution in [0.5, 0.6) is 5.75 Å². The zero-order valence-corrected chi connectivity index (χ0v) is 22.3. The molecule has 2 aromatic heterocycles. The standard InChI is InChI=1S/C30H25N3O2S2/c1-18-8-7-11-21(16-18)33-29(34)27-26(32-30(33)36-3)25-23(19-9-5-4-6-10-19)17-24(31-28(25)37-27)20-12-14-22(35-2)15-13-20/h4-17,30,32H,1-3H3. The van der Waals surface area contributed by atoms with E-state index in [4.69, 9.17) is 9.72 Å². The molecule has 1 aliphatic heterocycles. The molecular weight excluding hydrogens is 498 g/mol. The van der Waals surface area contributed by atoms with Gasteiger partial charge in [0.15, 0.2) is 5.50 Å². The van der Waals surface area contributed by atoms with Gasteiger partial charge in [0.05, 0.1) is 18.5 Å². The lowest BCUT2D eigenvalue weighted by atomic mass is 9.99. The maximum absolute atomic E-state index is 14.0. The normalized spacial score (nSPS) is 14.9. The smallest absolute Gasteiger partial charge is 0.272 e. The molecule has 1 amide bonds. The molecule has 0 bridgehead atoms. The molecule has 0 radical (unpaired) electrons. The number of anilines is 2. The van der Waals surface area contributed by atoms with Crippen molar-refractivity contribution in [3.05, 3.63) is 95.4 Å². The molecular formula is C30H25N3O2S2. The first kappa shape index (κ1) is 23.6. The Kier molecular flexibility index (Phi) is 6.10. The van der Waals surface area contributed by atoms with Gasteiger partial charge in [0.1, 0.15) is 15.5 Å². The fraction of sp³-hybridized carbons (Fsp3) is 0.133. The van der Waals surface area contributed by atoms with Gasteiger partial charge < -0.3 is 10.1 Å². The number of aryl methyl sites for hydroxylation is 1. The number of fused-ring (bicyclic) bond motifs is 3. The molecule has 5 aromatic rings. The van der Waals surface area contributed by atoms with Gasteiger partial charge in [-0.3, -0.25) is 9.69 Å². The van der Waals surface area contributed by atoms with Crippen LogP contribution >= 0.6 is 23.1 Å². The molecule has 37 heavy (non-hydrogen) atoms. The van der Waals surface area contributed by atoms with E-state index in [0.717, 1.165) is 55.3 Å². The van der Waals surface area contributed by atoms with Crippen molar-refractivity contribution in [3.8, 4) is 28.1 Å². The van der Waals surface area contributed by atoms with Crippen molar-refractivity contribution in [2.45, 2.75) is 12.4 Å². The number of nitrogens with one attached hydrogen (secondary N) is 1. The summed E-state index contributed by atoms with van der Waals surface area (Å²) in [5.74, 6) is 0.792. The number of thiophene rings is 1. The van der Waals surface area contributed by atoms with E-state index >= 15 is 0 Å². The molecule has 7 heteroatoms. The van der Waals surface area contributed by atoms with Gasteiger partial charge in [-0.15, -0.1) is 23.1 Å². The minimum Gasteiger partial charge on any atom is -0.497 e. The first-order chi connectivity index (χ1) is 18.1. The number of hydrogen-bond acceptors (Lipinski definition) is 6. The average Bonchev–Trinajstić information content (AvgIpc) is 3.32. The van der Waals surface area contributed by atoms with E-state index in [1.54, 1.807) is 18.9 Å². The van der Waals surface area contributed by atoms with Crippen LogP contribution in [0.15, 0.2) is 84.9 Å². The van der Waals surface area contributed by atoms with Gasteiger partial charge in [0, 0.05) is 16.6 Å². The van der Waals surface area contributed by atoms with Crippen molar-refractivity contribution in [1.29, 1.82) is 0 Å². The Morgan fingerprint density at radius 2 is 1.76 bits per heavy atom. The summed E-state index contributed by atoms with van der Waals surface area (Å²) in [6.07, 6.45) is 2.02. The van der Waals surface area contributed by atoms with E-state index in [9.17, 15) is 4.79 Å². The molecule has 6 rings (SSSR count). The van der Waals surface area contributed by atoms with Crippen LogP contribution in [0, 0.1) is 6.92 Å².